The highest BCUT2D eigenvalue weighted by atomic mass is 19.1. The first kappa shape index (κ1) is 17.4. The van der Waals surface area contributed by atoms with E-state index in [0.717, 1.165) is 33.6 Å². The molecule has 0 amide bonds. The van der Waals surface area contributed by atoms with Gasteiger partial charge in [-0.15, -0.1) is 0 Å². The van der Waals surface area contributed by atoms with E-state index in [1.165, 1.54) is 12.1 Å². The largest absolute Gasteiger partial charge is 0.396 e. The second-order valence-corrected chi connectivity index (χ2v) is 6.79. The van der Waals surface area contributed by atoms with Crippen molar-refractivity contribution >= 4 is 22.4 Å². The molecule has 0 fully saturated rings. The van der Waals surface area contributed by atoms with Crippen LogP contribution in [0.5, 0.6) is 0 Å². The van der Waals surface area contributed by atoms with Gasteiger partial charge in [-0.25, -0.2) is 13.9 Å². The fourth-order valence-electron chi connectivity index (χ4n) is 3.31. The monoisotopic (exact) mass is 364 g/mol. The van der Waals surface area contributed by atoms with E-state index in [4.69, 9.17) is 4.98 Å². The molecule has 27 heavy (non-hydrogen) atoms. The SMILES string of the molecule is Cc1cc2nc(NC[C@@H](CO)Cc3ccc(F)cc3)c3ccccc3n2n1. The summed E-state index contributed by atoms with van der Waals surface area (Å²) in [5.41, 5.74) is 3.68. The number of hydrogen-bond donors (Lipinski definition) is 2. The van der Waals surface area contributed by atoms with Gasteiger partial charge in [0.15, 0.2) is 5.65 Å². The Kier molecular flexibility index (Phi) is 4.73. The van der Waals surface area contributed by atoms with Gasteiger partial charge in [0.2, 0.25) is 0 Å². The fraction of sp³-hybridized carbons (Fsp3) is 0.238. The zero-order chi connectivity index (χ0) is 18.8. The van der Waals surface area contributed by atoms with E-state index >= 15 is 0 Å². The summed E-state index contributed by atoms with van der Waals surface area (Å²) in [6.07, 6.45) is 0.662. The molecule has 0 aliphatic carbocycles. The Balaban J connectivity index is 1.59. The van der Waals surface area contributed by atoms with Crippen LogP contribution in [0.15, 0.2) is 54.6 Å². The smallest absolute Gasteiger partial charge is 0.158 e. The molecule has 4 rings (SSSR count). The van der Waals surface area contributed by atoms with Crippen molar-refractivity contribution in [2.45, 2.75) is 13.3 Å². The number of para-hydroxylation sites is 1. The summed E-state index contributed by atoms with van der Waals surface area (Å²) in [5.74, 6) is 0.520. The third kappa shape index (κ3) is 3.61. The van der Waals surface area contributed by atoms with Crippen molar-refractivity contribution < 1.29 is 9.50 Å². The Morgan fingerprint density at radius 3 is 2.70 bits per heavy atom. The Morgan fingerprint density at radius 2 is 1.93 bits per heavy atom. The quantitative estimate of drug-likeness (QED) is 0.549. The summed E-state index contributed by atoms with van der Waals surface area (Å²) in [4.78, 5) is 4.71. The number of anilines is 1. The Morgan fingerprint density at radius 1 is 1.15 bits per heavy atom. The number of nitrogens with zero attached hydrogens (tertiary/aromatic N) is 3. The summed E-state index contributed by atoms with van der Waals surface area (Å²) in [5, 5.41) is 18.6. The molecule has 0 aliphatic rings. The van der Waals surface area contributed by atoms with Gasteiger partial charge >= 0.3 is 0 Å². The number of aromatic nitrogens is 3. The highest BCUT2D eigenvalue weighted by Gasteiger charge is 2.13. The van der Waals surface area contributed by atoms with Gasteiger partial charge in [-0.1, -0.05) is 24.3 Å². The van der Waals surface area contributed by atoms with Crippen LogP contribution in [0.25, 0.3) is 16.6 Å². The van der Waals surface area contributed by atoms with E-state index in [9.17, 15) is 9.50 Å². The number of hydrogen-bond acceptors (Lipinski definition) is 4. The first-order valence-corrected chi connectivity index (χ1v) is 8.98. The minimum absolute atomic E-state index is 0.00102. The summed E-state index contributed by atoms with van der Waals surface area (Å²) in [6, 6.07) is 16.3. The average Bonchev–Trinajstić information content (AvgIpc) is 3.07. The van der Waals surface area contributed by atoms with Gasteiger partial charge in [-0.05, 0) is 43.2 Å². The molecular weight excluding hydrogens is 343 g/mol. The van der Waals surface area contributed by atoms with Gasteiger partial charge in [0.1, 0.15) is 11.6 Å². The third-order valence-corrected chi connectivity index (χ3v) is 4.68. The summed E-state index contributed by atoms with van der Waals surface area (Å²) < 4.78 is 14.9. The van der Waals surface area contributed by atoms with Crippen LogP contribution < -0.4 is 5.32 Å². The Bertz CT molecular complexity index is 1070. The van der Waals surface area contributed by atoms with Crippen molar-refractivity contribution in [3.63, 3.8) is 0 Å². The highest BCUT2D eigenvalue weighted by molar-refractivity contribution is 5.91. The molecule has 4 aromatic rings. The van der Waals surface area contributed by atoms with Gasteiger partial charge in [0.05, 0.1) is 11.2 Å². The minimum Gasteiger partial charge on any atom is -0.396 e. The molecule has 0 spiro atoms. The molecular formula is C21H21FN4O. The average molecular weight is 364 g/mol. The number of rotatable bonds is 6. The molecule has 0 radical (unpaired) electrons. The van der Waals surface area contributed by atoms with E-state index in [1.807, 2.05) is 41.8 Å². The molecule has 2 heterocycles. The number of nitrogens with one attached hydrogen (secondary N) is 1. The van der Waals surface area contributed by atoms with Crippen molar-refractivity contribution in [2.24, 2.45) is 5.92 Å². The lowest BCUT2D eigenvalue weighted by atomic mass is 10.00. The molecule has 6 heteroatoms. The maximum absolute atomic E-state index is 13.1. The van der Waals surface area contributed by atoms with E-state index in [2.05, 4.69) is 10.4 Å². The Labute approximate surface area is 156 Å². The molecule has 1 atom stereocenters. The predicted octanol–water partition coefficient (Wildman–Crippen LogP) is 3.59. The lowest BCUT2D eigenvalue weighted by Gasteiger charge is -2.17. The molecule has 0 bridgehead atoms. The van der Waals surface area contributed by atoms with Crippen LogP contribution in [-0.2, 0) is 6.42 Å². The van der Waals surface area contributed by atoms with E-state index < -0.39 is 0 Å². The normalized spacial score (nSPS) is 12.6. The molecule has 2 aromatic heterocycles. The zero-order valence-corrected chi connectivity index (χ0v) is 15.1. The molecule has 0 unspecified atom stereocenters. The number of aryl methyl sites for hydroxylation is 1. The number of fused-ring (bicyclic) bond motifs is 3. The highest BCUT2D eigenvalue weighted by Crippen LogP contribution is 2.24. The second-order valence-electron chi connectivity index (χ2n) is 6.79. The zero-order valence-electron chi connectivity index (χ0n) is 15.1. The Hall–Kier alpha value is -2.99. The summed E-state index contributed by atoms with van der Waals surface area (Å²) >= 11 is 0. The van der Waals surface area contributed by atoms with Crippen molar-refractivity contribution in [1.82, 2.24) is 14.6 Å². The van der Waals surface area contributed by atoms with E-state index in [-0.39, 0.29) is 18.3 Å². The van der Waals surface area contributed by atoms with Crippen LogP contribution in [0, 0.1) is 18.7 Å². The molecule has 0 saturated carbocycles. The van der Waals surface area contributed by atoms with E-state index in [0.29, 0.717) is 13.0 Å². The molecule has 0 aliphatic heterocycles. The number of benzene rings is 2. The number of aliphatic hydroxyl groups is 1. The third-order valence-electron chi connectivity index (χ3n) is 4.68. The van der Waals surface area contributed by atoms with Crippen molar-refractivity contribution in [2.75, 3.05) is 18.5 Å². The number of halogens is 1. The van der Waals surface area contributed by atoms with Crippen molar-refractivity contribution in [1.29, 1.82) is 0 Å². The molecule has 2 aromatic carbocycles. The second kappa shape index (κ2) is 7.32. The fourth-order valence-corrected chi connectivity index (χ4v) is 3.31. The van der Waals surface area contributed by atoms with Crippen LogP contribution in [0.3, 0.4) is 0 Å². The lowest BCUT2D eigenvalue weighted by molar-refractivity contribution is 0.232. The van der Waals surface area contributed by atoms with Crippen LogP contribution >= 0.6 is 0 Å². The topological polar surface area (TPSA) is 62.5 Å². The van der Waals surface area contributed by atoms with Crippen LogP contribution in [0.1, 0.15) is 11.3 Å². The van der Waals surface area contributed by atoms with Gasteiger partial charge in [0, 0.05) is 30.5 Å². The maximum Gasteiger partial charge on any atom is 0.158 e. The van der Waals surface area contributed by atoms with Crippen molar-refractivity contribution in [3.05, 3.63) is 71.7 Å². The number of aliphatic hydroxyl groups excluding tert-OH is 1. The van der Waals surface area contributed by atoms with Gasteiger partial charge in [-0.2, -0.15) is 5.10 Å². The van der Waals surface area contributed by atoms with Crippen LogP contribution in [0.4, 0.5) is 10.2 Å². The summed E-state index contributed by atoms with van der Waals surface area (Å²) in [6.45, 7) is 2.55. The first-order valence-electron chi connectivity index (χ1n) is 8.98. The molecule has 5 nitrogen and oxygen atoms in total. The van der Waals surface area contributed by atoms with Gasteiger partial charge in [0.25, 0.3) is 0 Å². The predicted molar refractivity (Wildman–Crippen MR) is 104 cm³/mol. The maximum atomic E-state index is 13.1. The van der Waals surface area contributed by atoms with E-state index in [1.54, 1.807) is 12.1 Å². The minimum atomic E-state index is -0.252. The molecule has 138 valence electrons. The van der Waals surface area contributed by atoms with Gasteiger partial charge in [-0.3, -0.25) is 0 Å². The van der Waals surface area contributed by atoms with Crippen LogP contribution in [0.2, 0.25) is 0 Å². The summed E-state index contributed by atoms with van der Waals surface area (Å²) in [7, 11) is 0. The van der Waals surface area contributed by atoms with Gasteiger partial charge < -0.3 is 10.4 Å². The van der Waals surface area contributed by atoms with Crippen molar-refractivity contribution in [3.8, 4) is 0 Å². The molecule has 2 N–H and O–H groups in total. The standard InChI is InChI=1S/C21H21FN4O/c1-14-10-20-24-21(18-4-2-3-5-19(18)26(20)25-14)23-12-16(13-27)11-15-6-8-17(22)9-7-15/h2-10,16,27H,11-13H2,1H3,(H,23,24)/t16-/m0/s1. The first-order chi connectivity index (χ1) is 13.1. The molecule has 0 saturated heterocycles. The van der Waals surface area contributed by atoms with Crippen LogP contribution in [-0.4, -0.2) is 32.9 Å². The lowest BCUT2D eigenvalue weighted by Crippen LogP contribution is -2.21.